The number of hydrogen-bond acceptors (Lipinski definition) is 3. The maximum atomic E-state index is 5.80. The highest BCUT2D eigenvalue weighted by atomic mass is 14.9. The highest BCUT2D eigenvalue weighted by Crippen LogP contribution is 2.25. The van der Waals surface area contributed by atoms with Gasteiger partial charge in [0.15, 0.2) is 0 Å². The van der Waals surface area contributed by atoms with Crippen LogP contribution in [-0.2, 0) is 0 Å². The van der Waals surface area contributed by atoms with E-state index < -0.39 is 0 Å². The van der Waals surface area contributed by atoms with E-state index >= 15 is 0 Å². The Kier molecular flexibility index (Phi) is 4.25. The van der Waals surface area contributed by atoms with Gasteiger partial charge in [-0.2, -0.15) is 0 Å². The van der Waals surface area contributed by atoms with Gasteiger partial charge in [0.25, 0.3) is 0 Å². The van der Waals surface area contributed by atoms with Crippen LogP contribution in [0, 0.1) is 5.92 Å². The van der Waals surface area contributed by atoms with E-state index in [2.05, 4.69) is 31.1 Å². The maximum Gasteiger partial charge on any atom is 0.0743 e. The molecule has 3 heteroatoms. The lowest BCUT2D eigenvalue weighted by atomic mass is 10.00. The second kappa shape index (κ2) is 5.91. The highest BCUT2D eigenvalue weighted by molar-refractivity contribution is 5.92. The molecule has 0 amide bonds. The lowest BCUT2D eigenvalue weighted by molar-refractivity contribution is 0.484. The lowest BCUT2D eigenvalue weighted by Gasteiger charge is -2.19. The summed E-state index contributed by atoms with van der Waals surface area (Å²) in [5.41, 5.74) is 8.64. The molecule has 102 valence electrons. The van der Waals surface area contributed by atoms with Crippen molar-refractivity contribution in [3.05, 3.63) is 30.5 Å². The van der Waals surface area contributed by atoms with E-state index in [9.17, 15) is 0 Å². The minimum atomic E-state index is 0.457. The molecule has 0 saturated carbocycles. The van der Waals surface area contributed by atoms with Crippen molar-refractivity contribution in [2.24, 2.45) is 5.92 Å². The van der Waals surface area contributed by atoms with Gasteiger partial charge >= 0.3 is 0 Å². The number of fused-ring (bicyclic) bond motifs is 1. The van der Waals surface area contributed by atoms with E-state index in [0.29, 0.717) is 6.04 Å². The first-order valence-corrected chi connectivity index (χ1v) is 7.01. The molecule has 0 bridgehead atoms. The molecule has 2 atom stereocenters. The predicted octanol–water partition coefficient (Wildman–Crippen LogP) is 4.05. The second-order valence-electron chi connectivity index (χ2n) is 5.43. The molecule has 3 nitrogen and oxygen atoms in total. The molecule has 19 heavy (non-hydrogen) atoms. The minimum absolute atomic E-state index is 0.457. The number of nitrogen functional groups attached to an aromatic ring is 1. The average molecular weight is 257 g/mol. The van der Waals surface area contributed by atoms with Crippen LogP contribution in [0.15, 0.2) is 30.5 Å². The summed E-state index contributed by atoms with van der Waals surface area (Å²) in [4.78, 5) is 4.37. The van der Waals surface area contributed by atoms with Crippen molar-refractivity contribution in [2.45, 2.75) is 39.7 Å². The Balaban J connectivity index is 2.21. The van der Waals surface area contributed by atoms with Crippen LogP contribution >= 0.6 is 0 Å². The molecular formula is C16H23N3. The van der Waals surface area contributed by atoms with E-state index in [-0.39, 0.29) is 0 Å². The van der Waals surface area contributed by atoms with Crippen LogP contribution in [0.5, 0.6) is 0 Å². The van der Waals surface area contributed by atoms with Gasteiger partial charge in [0.05, 0.1) is 5.52 Å². The molecule has 2 unspecified atom stereocenters. The van der Waals surface area contributed by atoms with Crippen molar-refractivity contribution in [1.29, 1.82) is 0 Å². The van der Waals surface area contributed by atoms with Crippen LogP contribution in [-0.4, -0.2) is 11.0 Å². The van der Waals surface area contributed by atoms with Gasteiger partial charge in [0.1, 0.15) is 0 Å². The summed E-state index contributed by atoms with van der Waals surface area (Å²) in [5.74, 6) is 0.742. The van der Waals surface area contributed by atoms with E-state index in [0.717, 1.165) is 28.2 Å². The highest BCUT2D eigenvalue weighted by Gasteiger charge is 2.09. The summed E-state index contributed by atoms with van der Waals surface area (Å²) in [7, 11) is 0. The molecule has 3 N–H and O–H groups in total. The van der Waals surface area contributed by atoms with Crippen molar-refractivity contribution in [3.63, 3.8) is 0 Å². The normalized spacial score (nSPS) is 14.3. The van der Waals surface area contributed by atoms with E-state index in [1.54, 1.807) is 0 Å². The molecule has 0 aliphatic heterocycles. The quantitative estimate of drug-likeness (QED) is 0.794. The Morgan fingerprint density at radius 3 is 2.79 bits per heavy atom. The molecule has 0 saturated heterocycles. The second-order valence-corrected chi connectivity index (χ2v) is 5.43. The lowest BCUT2D eigenvalue weighted by Crippen LogP contribution is -2.18. The first kappa shape index (κ1) is 13.7. The van der Waals surface area contributed by atoms with Crippen LogP contribution in [0.25, 0.3) is 10.9 Å². The number of rotatable bonds is 5. The van der Waals surface area contributed by atoms with Crippen LogP contribution < -0.4 is 11.1 Å². The van der Waals surface area contributed by atoms with Crippen molar-refractivity contribution < 1.29 is 0 Å². The monoisotopic (exact) mass is 257 g/mol. The predicted molar refractivity (Wildman–Crippen MR) is 83.3 cm³/mol. The fourth-order valence-corrected chi connectivity index (χ4v) is 2.39. The standard InChI is InChI=1S/C16H23N3/c1-4-11(2)9-12(3)19-15-7-8-18-16-10-13(17)5-6-14(15)16/h5-8,10-12H,4,9,17H2,1-3H3,(H,18,19). The number of nitrogens with one attached hydrogen (secondary N) is 1. The summed E-state index contributed by atoms with van der Waals surface area (Å²) in [6, 6.07) is 8.37. The molecule has 0 aliphatic carbocycles. The number of anilines is 2. The third kappa shape index (κ3) is 3.37. The summed E-state index contributed by atoms with van der Waals surface area (Å²) < 4.78 is 0. The zero-order valence-corrected chi connectivity index (χ0v) is 12.0. The molecule has 2 aromatic rings. The zero-order valence-electron chi connectivity index (χ0n) is 12.0. The van der Waals surface area contributed by atoms with Gasteiger partial charge in [0, 0.05) is 29.0 Å². The Hall–Kier alpha value is -1.77. The first-order valence-electron chi connectivity index (χ1n) is 7.01. The number of nitrogens with zero attached hydrogens (tertiary/aromatic N) is 1. The van der Waals surface area contributed by atoms with Crippen LogP contribution in [0.1, 0.15) is 33.6 Å². The smallest absolute Gasteiger partial charge is 0.0743 e. The van der Waals surface area contributed by atoms with Crippen molar-refractivity contribution in [3.8, 4) is 0 Å². The maximum absolute atomic E-state index is 5.80. The fourth-order valence-electron chi connectivity index (χ4n) is 2.39. The number of aromatic nitrogens is 1. The van der Waals surface area contributed by atoms with Crippen molar-refractivity contribution in [1.82, 2.24) is 4.98 Å². The van der Waals surface area contributed by atoms with Gasteiger partial charge in [-0.15, -0.1) is 0 Å². The van der Waals surface area contributed by atoms with E-state index in [1.165, 1.54) is 12.8 Å². The van der Waals surface area contributed by atoms with Crippen LogP contribution in [0.2, 0.25) is 0 Å². The summed E-state index contributed by atoms with van der Waals surface area (Å²) in [5, 5.41) is 4.72. The van der Waals surface area contributed by atoms with Gasteiger partial charge in [-0.05, 0) is 43.5 Å². The number of benzene rings is 1. The minimum Gasteiger partial charge on any atom is -0.399 e. The molecule has 0 spiro atoms. The fraction of sp³-hybridized carbons (Fsp3) is 0.438. The topological polar surface area (TPSA) is 50.9 Å². The number of nitrogens with two attached hydrogens (primary N) is 1. The molecule has 2 rings (SSSR count). The first-order chi connectivity index (χ1) is 9.10. The molecule has 1 heterocycles. The largest absolute Gasteiger partial charge is 0.399 e. The number of hydrogen-bond donors (Lipinski definition) is 2. The van der Waals surface area contributed by atoms with Gasteiger partial charge in [-0.25, -0.2) is 0 Å². The van der Waals surface area contributed by atoms with Crippen molar-refractivity contribution >= 4 is 22.3 Å². The zero-order chi connectivity index (χ0) is 13.8. The molecule has 0 radical (unpaired) electrons. The van der Waals surface area contributed by atoms with Gasteiger partial charge in [0.2, 0.25) is 0 Å². The Labute approximate surface area is 115 Å². The molecule has 0 aliphatic rings. The van der Waals surface area contributed by atoms with Gasteiger partial charge in [-0.3, -0.25) is 4.98 Å². The van der Waals surface area contributed by atoms with Crippen LogP contribution in [0.3, 0.4) is 0 Å². The number of pyridine rings is 1. The van der Waals surface area contributed by atoms with E-state index in [1.807, 2.05) is 30.5 Å². The summed E-state index contributed by atoms with van der Waals surface area (Å²) in [6.45, 7) is 6.77. The summed E-state index contributed by atoms with van der Waals surface area (Å²) in [6.07, 6.45) is 4.23. The molecule has 1 aromatic carbocycles. The van der Waals surface area contributed by atoms with Gasteiger partial charge < -0.3 is 11.1 Å². The average Bonchev–Trinajstić information content (AvgIpc) is 2.38. The third-order valence-electron chi connectivity index (χ3n) is 3.62. The molecule has 0 fully saturated rings. The molecular weight excluding hydrogens is 234 g/mol. The van der Waals surface area contributed by atoms with Crippen molar-refractivity contribution in [2.75, 3.05) is 11.1 Å². The van der Waals surface area contributed by atoms with Crippen LogP contribution in [0.4, 0.5) is 11.4 Å². The third-order valence-corrected chi connectivity index (χ3v) is 3.62. The van der Waals surface area contributed by atoms with Gasteiger partial charge in [-0.1, -0.05) is 20.3 Å². The summed E-state index contributed by atoms with van der Waals surface area (Å²) >= 11 is 0. The Bertz CT molecular complexity index is 551. The Morgan fingerprint density at radius 2 is 2.05 bits per heavy atom. The SMILES string of the molecule is CCC(C)CC(C)Nc1ccnc2cc(N)ccc12. The molecule has 1 aromatic heterocycles. The van der Waals surface area contributed by atoms with E-state index in [4.69, 9.17) is 5.73 Å². The Morgan fingerprint density at radius 1 is 1.26 bits per heavy atom.